The first-order valence-electron chi connectivity index (χ1n) is 9.80. The molecule has 0 aliphatic carbocycles. The van der Waals surface area contributed by atoms with Crippen LogP contribution in [0.15, 0.2) is 77.3 Å². The van der Waals surface area contributed by atoms with Gasteiger partial charge >= 0.3 is 0 Å². The van der Waals surface area contributed by atoms with Crippen LogP contribution in [0, 0.1) is 0 Å². The summed E-state index contributed by atoms with van der Waals surface area (Å²) in [7, 11) is 0. The number of aromatic nitrogens is 5. The van der Waals surface area contributed by atoms with E-state index in [1.807, 2.05) is 60.7 Å². The minimum Gasteiger partial charge on any atom is -0.489 e. The molecule has 2 heterocycles. The highest BCUT2D eigenvalue weighted by atomic mass is 79.9. The number of carbonyl (C=O) groups excluding carboxylic acids is 1. The van der Waals surface area contributed by atoms with Gasteiger partial charge in [-0.1, -0.05) is 46.3 Å². The van der Waals surface area contributed by atoms with Gasteiger partial charge in [0.25, 0.3) is 5.91 Å². The van der Waals surface area contributed by atoms with Gasteiger partial charge in [-0.05, 0) is 47.2 Å². The molecule has 8 nitrogen and oxygen atoms in total. The van der Waals surface area contributed by atoms with E-state index in [2.05, 4.69) is 46.9 Å². The number of amides is 1. The molecule has 0 aliphatic rings. The highest BCUT2D eigenvalue weighted by Crippen LogP contribution is 2.29. The Balaban J connectivity index is 1.35. The fourth-order valence-corrected chi connectivity index (χ4v) is 3.70. The van der Waals surface area contributed by atoms with Gasteiger partial charge in [0.2, 0.25) is 5.82 Å². The summed E-state index contributed by atoms with van der Waals surface area (Å²) in [5, 5.41) is 17.9. The Kier molecular flexibility index (Phi) is 5.39. The minimum absolute atomic E-state index is 0.278. The number of nitrogens with one attached hydrogen (secondary N) is 3. The lowest BCUT2D eigenvalue weighted by atomic mass is 10.1. The van der Waals surface area contributed by atoms with E-state index < -0.39 is 0 Å². The Hall–Kier alpha value is -3.98. The molecule has 0 bridgehead atoms. The molecule has 0 saturated heterocycles. The molecular formula is C23H17BrN6O2. The molecule has 5 aromatic rings. The largest absolute Gasteiger partial charge is 0.489 e. The topological polar surface area (TPSA) is 109 Å². The minimum atomic E-state index is -0.278. The smallest absolute Gasteiger partial charge is 0.272 e. The van der Waals surface area contributed by atoms with Crippen molar-refractivity contribution in [3.05, 3.63) is 88.5 Å². The van der Waals surface area contributed by atoms with Crippen molar-refractivity contribution in [3.8, 4) is 17.1 Å². The molecule has 3 N–H and O–H groups in total. The molecule has 9 heteroatoms. The Morgan fingerprint density at radius 3 is 2.72 bits per heavy atom. The lowest BCUT2D eigenvalue weighted by molar-refractivity contribution is 0.102. The normalized spacial score (nSPS) is 10.9. The number of nitrogens with zero attached hydrogens (tertiary/aromatic N) is 3. The zero-order chi connectivity index (χ0) is 21.9. The van der Waals surface area contributed by atoms with E-state index in [1.165, 1.54) is 0 Å². The van der Waals surface area contributed by atoms with Gasteiger partial charge in [0.05, 0.1) is 5.69 Å². The number of tetrazole rings is 1. The first kappa shape index (κ1) is 20.0. The number of benzene rings is 3. The summed E-state index contributed by atoms with van der Waals surface area (Å²) >= 11 is 3.43. The Labute approximate surface area is 191 Å². The van der Waals surface area contributed by atoms with Crippen LogP contribution < -0.4 is 10.1 Å². The quantitative estimate of drug-likeness (QED) is 0.313. The predicted molar refractivity (Wildman–Crippen MR) is 124 cm³/mol. The third kappa shape index (κ3) is 4.23. The number of anilines is 1. The molecule has 2 aromatic heterocycles. The molecule has 1 amide bonds. The summed E-state index contributed by atoms with van der Waals surface area (Å²) in [4.78, 5) is 16.1. The second kappa shape index (κ2) is 8.64. The van der Waals surface area contributed by atoms with Crippen LogP contribution in [0.4, 0.5) is 5.69 Å². The van der Waals surface area contributed by atoms with Crippen LogP contribution in [0.1, 0.15) is 16.1 Å². The first-order chi connectivity index (χ1) is 15.7. The third-order valence-corrected chi connectivity index (χ3v) is 5.40. The Morgan fingerprint density at radius 1 is 1.03 bits per heavy atom. The van der Waals surface area contributed by atoms with Crippen molar-refractivity contribution < 1.29 is 9.53 Å². The Bertz CT molecular complexity index is 1380. The highest BCUT2D eigenvalue weighted by molar-refractivity contribution is 9.10. The van der Waals surface area contributed by atoms with E-state index in [4.69, 9.17) is 4.74 Å². The molecule has 0 aliphatic heterocycles. The summed E-state index contributed by atoms with van der Waals surface area (Å²) in [6.07, 6.45) is 0. The highest BCUT2D eigenvalue weighted by Gasteiger charge is 2.15. The zero-order valence-corrected chi connectivity index (χ0v) is 18.3. The van der Waals surface area contributed by atoms with Crippen LogP contribution in [-0.4, -0.2) is 31.5 Å². The van der Waals surface area contributed by atoms with Crippen molar-refractivity contribution in [2.45, 2.75) is 6.61 Å². The molecule has 0 spiro atoms. The van der Waals surface area contributed by atoms with Crippen LogP contribution in [0.2, 0.25) is 0 Å². The molecule has 0 atom stereocenters. The molecule has 5 rings (SSSR count). The van der Waals surface area contributed by atoms with Gasteiger partial charge in [0, 0.05) is 27.0 Å². The Morgan fingerprint density at radius 2 is 1.91 bits per heavy atom. The SMILES string of the molecule is O=C(Nc1ccc(Br)cc1-c1nn[nH]n1)c1cc2ccc(OCc3ccccc3)cc2[nH]1. The van der Waals surface area contributed by atoms with Crippen LogP contribution in [0.5, 0.6) is 5.75 Å². The maximum atomic E-state index is 12.9. The maximum Gasteiger partial charge on any atom is 0.272 e. The molecule has 0 saturated carbocycles. The number of halogens is 1. The number of hydrogen-bond acceptors (Lipinski definition) is 5. The number of fused-ring (bicyclic) bond motifs is 1. The number of hydrogen-bond donors (Lipinski definition) is 3. The van der Waals surface area contributed by atoms with E-state index in [0.29, 0.717) is 29.4 Å². The monoisotopic (exact) mass is 488 g/mol. The van der Waals surface area contributed by atoms with Crippen LogP contribution in [0.25, 0.3) is 22.3 Å². The second-order valence-electron chi connectivity index (χ2n) is 7.09. The van der Waals surface area contributed by atoms with Crippen molar-refractivity contribution in [2.24, 2.45) is 0 Å². The average molecular weight is 489 g/mol. The fourth-order valence-electron chi connectivity index (χ4n) is 3.34. The second-order valence-corrected chi connectivity index (χ2v) is 8.00. The fraction of sp³-hybridized carbons (Fsp3) is 0.0435. The van der Waals surface area contributed by atoms with Crippen LogP contribution in [-0.2, 0) is 6.61 Å². The molecule has 3 aromatic carbocycles. The van der Waals surface area contributed by atoms with E-state index in [0.717, 1.165) is 26.7 Å². The zero-order valence-electron chi connectivity index (χ0n) is 16.7. The lowest BCUT2D eigenvalue weighted by Gasteiger charge is -2.08. The lowest BCUT2D eigenvalue weighted by Crippen LogP contribution is -2.13. The average Bonchev–Trinajstić information content (AvgIpc) is 3.49. The van der Waals surface area contributed by atoms with Gasteiger partial charge in [-0.2, -0.15) is 5.21 Å². The first-order valence-corrected chi connectivity index (χ1v) is 10.6. The van der Waals surface area contributed by atoms with E-state index in [9.17, 15) is 4.79 Å². The number of ether oxygens (including phenoxy) is 1. The van der Waals surface area contributed by atoms with Gasteiger partial charge < -0.3 is 15.0 Å². The summed E-state index contributed by atoms with van der Waals surface area (Å²) in [6.45, 7) is 0.475. The summed E-state index contributed by atoms with van der Waals surface area (Å²) in [6, 6.07) is 22.9. The number of rotatable bonds is 6. The predicted octanol–water partition coefficient (Wildman–Crippen LogP) is 4.94. The van der Waals surface area contributed by atoms with E-state index >= 15 is 0 Å². The van der Waals surface area contributed by atoms with Crippen molar-refractivity contribution in [1.29, 1.82) is 0 Å². The summed E-state index contributed by atoms with van der Waals surface area (Å²) in [5.74, 6) is 0.834. The third-order valence-electron chi connectivity index (χ3n) is 4.90. The van der Waals surface area contributed by atoms with Crippen molar-refractivity contribution in [2.75, 3.05) is 5.32 Å². The molecule has 0 unspecified atom stereocenters. The van der Waals surface area contributed by atoms with E-state index in [1.54, 1.807) is 12.1 Å². The van der Waals surface area contributed by atoms with Crippen molar-refractivity contribution in [1.82, 2.24) is 25.6 Å². The number of H-pyrrole nitrogens is 2. The number of aromatic amines is 2. The molecule has 32 heavy (non-hydrogen) atoms. The van der Waals surface area contributed by atoms with Crippen molar-refractivity contribution >= 4 is 38.4 Å². The van der Waals surface area contributed by atoms with Crippen LogP contribution >= 0.6 is 15.9 Å². The van der Waals surface area contributed by atoms with Gasteiger partial charge in [0.15, 0.2) is 0 Å². The molecular weight excluding hydrogens is 472 g/mol. The van der Waals surface area contributed by atoms with Gasteiger partial charge in [-0.25, -0.2) is 0 Å². The molecule has 0 radical (unpaired) electrons. The van der Waals surface area contributed by atoms with Crippen LogP contribution in [0.3, 0.4) is 0 Å². The van der Waals surface area contributed by atoms with Gasteiger partial charge in [-0.15, -0.1) is 10.2 Å². The van der Waals surface area contributed by atoms with Gasteiger partial charge in [0.1, 0.15) is 18.1 Å². The summed E-state index contributed by atoms with van der Waals surface area (Å²) < 4.78 is 6.72. The molecule has 0 fully saturated rings. The summed E-state index contributed by atoms with van der Waals surface area (Å²) in [5.41, 5.74) is 3.56. The van der Waals surface area contributed by atoms with E-state index in [-0.39, 0.29) is 5.91 Å². The standard InChI is InChI=1S/C23H17BrN6O2/c24-16-7-9-19(18(11-16)22-27-29-30-28-22)26-23(31)21-10-15-6-8-17(12-20(15)25-21)32-13-14-4-2-1-3-5-14/h1-12,25H,13H2,(H,26,31)(H,27,28,29,30). The van der Waals surface area contributed by atoms with Gasteiger partial charge in [-0.3, -0.25) is 4.79 Å². The maximum absolute atomic E-state index is 12.9. The molecule has 158 valence electrons. The number of carbonyl (C=O) groups is 1. The van der Waals surface area contributed by atoms with Crippen molar-refractivity contribution in [3.63, 3.8) is 0 Å².